The van der Waals surface area contributed by atoms with Crippen molar-refractivity contribution >= 4 is 5.91 Å². The van der Waals surface area contributed by atoms with Crippen LogP contribution in [0.1, 0.15) is 32.3 Å². The average molecular weight is 314 g/mol. The SMILES string of the molecule is CN(C(=O)C[NH+]1CCC(Cc2ccccc2)CC1)C(C)(C)C#N. The Morgan fingerprint density at radius 1 is 1.30 bits per heavy atom. The van der Waals surface area contributed by atoms with Crippen LogP contribution in [-0.2, 0) is 11.2 Å². The van der Waals surface area contributed by atoms with Crippen molar-refractivity contribution in [1.82, 2.24) is 4.90 Å². The molecule has 0 bridgehead atoms. The van der Waals surface area contributed by atoms with Crippen LogP contribution in [0.5, 0.6) is 0 Å². The topological polar surface area (TPSA) is 48.5 Å². The number of quaternary nitrogens is 1. The molecule has 1 aliphatic rings. The first-order chi connectivity index (χ1) is 10.9. The van der Waals surface area contributed by atoms with Crippen molar-refractivity contribution in [1.29, 1.82) is 5.26 Å². The van der Waals surface area contributed by atoms with Crippen LogP contribution < -0.4 is 4.90 Å². The van der Waals surface area contributed by atoms with Gasteiger partial charge in [0, 0.05) is 7.05 Å². The van der Waals surface area contributed by atoms with Crippen molar-refractivity contribution in [3.8, 4) is 6.07 Å². The number of rotatable bonds is 5. The Balaban J connectivity index is 1.79. The Hall–Kier alpha value is -1.86. The largest absolute Gasteiger partial charge is 0.327 e. The standard InChI is InChI=1S/C19H27N3O/c1-19(2,15-20)21(3)18(23)14-22-11-9-17(10-12-22)13-16-7-5-4-6-8-16/h4-8,17H,9-14H2,1-3H3/p+1. The van der Waals surface area contributed by atoms with E-state index < -0.39 is 5.54 Å². The van der Waals surface area contributed by atoms with Gasteiger partial charge in [0.05, 0.1) is 19.2 Å². The van der Waals surface area contributed by atoms with Gasteiger partial charge in [0.25, 0.3) is 5.91 Å². The van der Waals surface area contributed by atoms with E-state index >= 15 is 0 Å². The maximum Gasteiger partial charge on any atom is 0.278 e. The third-order valence-electron chi connectivity index (χ3n) is 5.07. The van der Waals surface area contributed by atoms with Crippen molar-refractivity contribution < 1.29 is 9.69 Å². The Bertz CT molecular complexity index is 554. The van der Waals surface area contributed by atoms with Gasteiger partial charge in [-0.15, -0.1) is 0 Å². The molecule has 2 rings (SSSR count). The highest BCUT2D eigenvalue weighted by Crippen LogP contribution is 2.16. The van der Waals surface area contributed by atoms with E-state index in [-0.39, 0.29) is 5.91 Å². The summed E-state index contributed by atoms with van der Waals surface area (Å²) in [5.74, 6) is 0.789. The van der Waals surface area contributed by atoms with Crippen LogP contribution in [-0.4, -0.2) is 43.0 Å². The highest BCUT2D eigenvalue weighted by Gasteiger charge is 2.31. The number of nitrogens with one attached hydrogen (secondary N) is 1. The van der Waals surface area contributed by atoms with Gasteiger partial charge in [-0.1, -0.05) is 30.3 Å². The molecule has 4 nitrogen and oxygen atoms in total. The predicted octanol–water partition coefficient (Wildman–Crippen LogP) is 1.28. The lowest BCUT2D eigenvalue weighted by molar-refractivity contribution is -0.898. The predicted molar refractivity (Wildman–Crippen MR) is 90.9 cm³/mol. The second-order valence-corrected chi connectivity index (χ2v) is 7.18. The summed E-state index contributed by atoms with van der Waals surface area (Å²) in [5, 5.41) is 9.14. The summed E-state index contributed by atoms with van der Waals surface area (Å²) in [6, 6.07) is 12.8. The van der Waals surface area contributed by atoms with Crippen LogP contribution in [0.3, 0.4) is 0 Å². The fourth-order valence-electron chi connectivity index (χ4n) is 3.13. The van der Waals surface area contributed by atoms with Gasteiger partial charge in [0.15, 0.2) is 6.54 Å². The van der Waals surface area contributed by atoms with Crippen LogP contribution in [0.25, 0.3) is 0 Å². The molecule has 0 unspecified atom stereocenters. The first kappa shape index (κ1) is 17.5. The van der Waals surface area contributed by atoms with E-state index in [1.165, 1.54) is 23.3 Å². The number of carbonyl (C=O) groups is 1. The maximum atomic E-state index is 12.3. The van der Waals surface area contributed by atoms with Crippen molar-refractivity contribution in [2.24, 2.45) is 5.92 Å². The van der Waals surface area contributed by atoms with E-state index in [4.69, 9.17) is 5.26 Å². The van der Waals surface area contributed by atoms with Gasteiger partial charge < -0.3 is 9.80 Å². The van der Waals surface area contributed by atoms with E-state index in [0.29, 0.717) is 6.54 Å². The fourth-order valence-corrected chi connectivity index (χ4v) is 3.13. The number of benzene rings is 1. The number of hydrogen-bond donors (Lipinski definition) is 1. The molecule has 1 N–H and O–H groups in total. The number of carbonyl (C=O) groups excluding carboxylic acids is 1. The molecule has 124 valence electrons. The molecule has 1 aliphatic heterocycles. The van der Waals surface area contributed by atoms with Crippen LogP contribution >= 0.6 is 0 Å². The number of amides is 1. The Labute approximate surface area is 139 Å². The molecule has 1 saturated heterocycles. The number of nitrogens with zero attached hydrogens (tertiary/aromatic N) is 2. The molecular weight excluding hydrogens is 286 g/mol. The molecule has 4 heteroatoms. The van der Waals surface area contributed by atoms with E-state index in [9.17, 15) is 4.79 Å². The molecule has 1 amide bonds. The summed E-state index contributed by atoms with van der Waals surface area (Å²) in [5.41, 5.74) is 0.676. The van der Waals surface area contributed by atoms with Crippen molar-refractivity contribution in [3.63, 3.8) is 0 Å². The van der Waals surface area contributed by atoms with Crippen LogP contribution in [0, 0.1) is 17.2 Å². The number of hydrogen-bond acceptors (Lipinski definition) is 2. The molecule has 1 aromatic rings. The molecular formula is C19H28N3O+. The van der Waals surface area contributed by atoms with E-state index in [0.717, 1.165) is 25.4 Å². The Kier molecular flexibility index (Phi) is 5.79. The Morgan fingerprint density at radius 2 is 1.91 bits per heavy atom. The van der Waals surface area contributed by atoms with Crippen LogP contribution in [0.4, 0.5) is 0 Å². The highest BCUT2D eigenvalue weighted by molar-refractivity contribution is 5.78. The molecule has 0 radical (unpaired) electrons. The monoisotopic (exact) mass is 314 g/mol. The van der Waals surface area contributed by atoms with E-state index in [2.05, 4.69) is 36.4 Å². The smallest absolute Gasteiger partial charge is 0.278 e. The molecule has 1 heterocycles. The molecule has 1 aromatic carbocycles. The summed E-state index contributed by atoms with van der Waals surface area (Å²) in [6.45, 7) is 6.16. The second kappa shape index (κ2) is 7.61. The molecule has 0 aromatic heterocycles. The van der Waals surface area contributed by atoms with Crippen molar-refractivity contribution in [3.05, 3.63) is 35.9 Å². The summed E-state index contributed by atoms with van der Waals surface area (Å²) in [4.78, 5) is 15.3. The van der Waals surface area contributed by atoms with E-state index in [1.807, 2.05) is 0 Å². The minimum absolute atomic E-state index is 0.0630. The van der Waals surface area contributed by atoms with E-state index in [1.54, 1.807) is 25.8 Å². The summed E-state index contributed by atoms with van der Waals surface area (Å²) in [6.07, 6.45) is 3.48. The quantitative estimate of drug-likeness (QED) is 0.890. The number of piperidine rings is 1. The van der Waals surface area contributed by atoms with Crippen molar-refractivity contribution in [2.75, 3.05) is 26.7 Å². The lowest BCUT2D eigenvalue weighted by Crippen LogP contribution is -3.14. The van der Waals surface area contributed by atoms with Gasteiger partial charge in [-0.3, -0.25) is 4.79 Å². The van der Waals surface area contributed by atoms with Crippen LogP contribution in [0.15, 0.2) is 30.3 Å². The first-order valence-corrected chi connectivity index (χ1v) is 8.48. The zero-order valence-corrected chi connectivity index (χ0v) is 14.5. The number of likely N-dealkylation sites (N-methyl/N-ethyl adjacent to an activating group) is 1. The number of nitriles is 1. The second-order valence-electron chi connectivity index (χ2n) is 7.18. The lowest BCUT2D eigenvalue weighted by atomic mass is 9.90. The van der Waals surface area contributed by atoms with Gasteiger partial charge >= 0.3 is 0 Å². The van der Waals surface area contributed by atoms with Gasteiger partial charge in [-0.25, -0.2) is 0 Å². The maximum absolute atomic E-state index is 12.3. The van der Waals surface area contributed by atoms with Crippen LogP contribution in [0.2, 0.25) is 0 Å². The summed E-state index contributed by atoms with van der Waals surface area (Å²) < 4.78 is 0. The van der Waals surface area contributed by atoms with Crippen molar-refractivity contribution in [2.45, 2.75) is 38.6 Å². The normalized spacial score (nSPS) is 21.5. The summed E-state index contributed by atoms with van der Waals surface area (Å²) in [7, 11) is 1.73. The third-order valence-corrected chi connectivity index (χ3v) is 5.07. The molecule has 0 saturated carbocycles. The van der Waals surface area contributed by atoms with Gasteiger partial charge in [0.1, 0.15) is 5.54 Å². The van der Waals surface area contributed by atoms with Gasteiger partial charge in [-0.2, -0.15) is 5.26 Å². The average Bonchev–Trinajstić information content (AvgIpc) is 2.56. The lowest BCUT2D eigenvalue weighted by Gasteiger charge is -2.33. The Morgan fingerprint density at radius 3 is 2.48 bits per heavy atom. The molecule has 23 heavy (non-hydrogen) atoms. The zero-order valence-electron chi connectivity index (χ0n) is 14.5. The molecule has 0 spiro atoms. The molecule has 0 aliphatic carbocycles. The van der Waals surface area contributed by atoms with Gasteiger partial charge in [0.2, 0.25) is 0 Å². The molecule has 0 atom stereocenters. The first-order valence-electron chi connectivity index (χ1n) is 8.48. The third kappa shape index (κ3) is 4.80. The number of likely N-dealkylation sites (tertiary alicyclic amines) is 1. The highest BCUT2D eigenvalue weighted by atomic mass is 16.2. The minimum atomic E-state index is -0.734. The molecule has 1 fully saturated rings. The fraction of sp³-hybridized carbons (Fsp3) is 0.579. The zero-order chi connectivity index (χ0) is 16.9. The summed E-state index contributed by atoms with van der Waals surface area (Å²) >= 11 is 0. The van der Waals surface area contributed by atoms with Gasteiger partial charge in [-0.05, 0) is 44.6 Å². The minimum Gasteiger partial charge on any atom is -0.327 e.